The van der Waals surface area contributed by atoms with E-state index >= 15 is 0 Å². The van der Waals surface area contributed by atoms with Crippen molar-refractivity contribution in [1.82, 2.24) is 15.5 Å². The quantitative estimate of drug-likeness (QED) is 0.170. The second-order valence-electron chi connectivity index (χ2n) is 11.7. The summed E-state index contributed by atoms with van der Waals surface area (Å²) in [6.45, 7) is 3.75. The summed E-state index contributed by atoms with van der Waals surface area (Å²) in [4.78, 5) is 28.0. The molecule has 4 aromatic rings. The number of carbonyl (C=O) groups excluding carboxylic acids is 2. The number of hydrogen-bond acceptors (Lipinski definition) is 4. The van der Waals surface area contributed by atoms with Crippen LogP contribution in [0, 0.1) is 0 Å². The largest absolute Gasteiger partial charge is 0.376 e. The molecule has 2 amide bonds. The lowest BCUT2D eigenvalue weighted by atomic mass is 9.71. The first-order valence-electron chi connectivity index (χ1n) is 15.8. The van der Waals surface area contributed by atoms with E-state index in [1.54, 1.807) is 0 Å². The molecule has 0 saturated carbocycles. The van der Waals surface area contributed by atoms with Gasteiger partial charge in [0.1, 0.15) is 0 Å². The van der Waals surface area contributed by atoms with E-state index in [-0.39, 0.29) is 30.3 Å². The summed E-state index contributed by atoms with van der Waals surface area (Å²) >= 11 is 0. The van der Waals surface area contributed by atoms with Gasteiger partial charge in [0, 0.05) is 17.6 Å². The Morgan fingerprint density at radius 1 is 0.659 bits per heavy atom. The van der Waals surface area contributed by atoms with Crippen LogP contribution in [0.4, 0.5) is 5.69 Å². The molecule has 1 saturated heterocycles. The summed E-state index contributed by atoms with van der Waals surface area (Å²) in [5.41, 5.74) is 4.30. The smallest absolute Gasteiger partial charge is 0.239 e. The second kappa shape index (κ2) is 15.9. The van der Waals surface area contributed by atoms with Crippen molar-refractivity contribution in [3.05, 3.63) is 138 Å². The molecule has 1 aliphatic rings. The predicted octanol–water partition coefficient (Wildman–Crippen LogP) is 5.98. The Balaban J connectivity index is 1.20. The summed E-state index contributed by atoms with van der Waals surface area (Å²) in [6.07, 6.45) is 4.29. The first kappa shape index (κ1) is 31.0. The van der Waals surface area contributed by atoms with Gasteiger partial charge in [0.05, 0.1) is 13.1 Å². The molecule has 6 nitrogen and oxygen atoms in total. The minimum Gasteiger partial charge on any atom is -0.376 e. The molecule has 0 unspecified atom stereocenters. The van der Waals surface area contributed by atoms with Gasteiger partial charge in [0.2, 0.25) is 11.8 Å². The van der Waals surface area contributed by atoms with Crippen LogP contribution in [0.15, 0.2) is 121 Å². The van der Waals surface area contributed by atoms with E-state index in [9.17, 15) is 9.59 Å². The molecule has 0 aromatic heterocycles. The van der Waals surface area contributed by atoms with E-state index in [4.69, 9.17) is 0 Å². The average Bonchev–Trinajstić information content (AvgIpc) is 3.10. The van der Waals surface area contributed by atoms with E-state index < -0.39 is 0 Å². The lowest BCUT2D eigenvalue weighted by molar-refractivity contribution is -0.125. The SMILES string of the molecule is O=C(CNC(=O)CNc1ccccc1)NCC(CCCN1CCC(c2ccccc2)CC1)(c1ccccc1)c1ccccc1. The molecule has 0 atom stereocenters. The number of nitrogens with zero attached hydrogens (tertiary/aromatic N) is 1. The number of rotatable bonds is 14. The van der Waals surface area contributed by atoms with Crippen molar-refractivity contribution in [2.75, 3.05) is 44.6 Å². The summed E-state index contributed by atoms with van der Waals surface area (Å²) < 4.78 is 0. The number of amides is 2. The van der Waals surface area contributed by atoms with Crippen LogP contribution in [-0.2, 0) is 15.0 Å². The van der Waals surface area contributed by atoms with Crippen molar-refractivity contribution in [3.8, 4) is 0 Å². The predicted molar refractivity (Wildman–Crippen MR) is 179 cm³/mol. The number of likely N-dealkylation sites (tertiary alicyclic amines) is 1. The number of anilines is 1. The van der Waals surface area contributed by atoms with E-state index in [2.05, 4.69) is 99.7 Å². The number of carbonyl (C=O) groups is 2. The van der Waals surface area contributed by atoms with Crippen LogP contribution < -0.4 is 16.0 Å². The molecule has 6 heteroatoms. The van der Waals surface area contributed by atoms with Gasteiger partial charge in [-0.25, -0.2) is 0 Å². The van der Waals surface area contributed by atoms with Gasteiger partial charge >= 0.3 is 0 Å². The number of benzene rings is 4. The molecule has 1 aliphatic heterocycles. The highest BCUT2D eigenvalue weighted by atomic mass is 16.2. The summed E-state index contributed by atoms with van der Waals surface area (Å²) in [7, 11) is 0. The molecular weight excluding hydrogens is 544 g/mol. The van der Waals surface area contributed by atoms with Crippen molar-refractivity contribution in [1.29, 1.82) is 0 Å². The first-order valence-corrected chi connectivity index (χ1v) is 15.8. The zero-order chi connectivity index (χ0) is 30.5. The maximum atomic E-state index is 13.0. The fourth-order valence-electron chi connectivity index (χ4n) is 6.37. The number of hydrogen-bond donors (Lipinski definition) is 3. The first-order chi connectivity index (χ1) is 21.6. The molecule has 3 N–H and O–H groups in total. The van der Waals surface area contributed by atoms with Gasteiger partial charge in [-0.1, -0.05) is 109 Å². The highest BCUT2D eigenvalue weighted by molar-refractivity contribution is 5.86. The van der Waals surface area contributed by atoms with Crippen LogP contribution >= 0.6 is 0 Å². The fourth-order valence-corrected chi connectivity index (χ4v) is 6.37. The number of piperidine rings is 1. The Morgan fingerprint density at radius 3 is 1.77 bits per heavy atom. The molecule has 0 radical (unpaired) electrons. The van der Waals surface area contributed by atoms with Gasteiger partial charge in [-0.05, 0) is 80.1 Å². The molecule has 5 rings (SSSR count). The standard InChI is InChI=1S/C38H44N4O2/c43-36(28-39-35-20-11-4-12-21-35)40-29-37(44)41-30-38(33-16-7-2-8-17-33,34-18-9-3-10-19-34)24-13-25-42-26-22-32(23-27-42)31-14-5-1-6-15-31/h1-12,14-21,32,39H,13,22-30H2,(H,40,43)(H,41,44). The minimum atomic E-state index is -0.389. The van der Waals surface area contributed by atoms with Crippen LogP contribution in [0.2, 0.25) is 0 Å². The third kappa shape index (κ3) is 8.57. The Morgan fingerprint density at radius 2 is 1.18 bits per heavy atom. The maximum Gasteiger partial charge on any atom is 0.239 e. The number of para-hydroxylation sites is 1. The Hall–Kier alpha value is -4.42. The normalized spacial score (nSPS) is 14.1. The van der Waals surface area contributed by atoms with Gasteiger partial charge in [0.15, 0.2) is 0 Å². The van der Waals surface area contributed by atoms with Crippen molar-refractivity contribution in [2.24, 2.45) is 0 Å². The van der Waals surface area contributed by atoms with Crippen LogP contribution in [-0.4, -0.2) is 56.0 Å². The van der Waals surface area contributed by atoms with Crippen molar-refractivity contribution in [2.45, 2.75) is 37.0 Å². The van der Waals surface area contributed by atoms with Crippen molar-refractivity contribution >= 4 is 17.5 Å². The van der Waals surface area contributed by atoms with E-state index in [1.165, 1.54) is 29.5 Å². The molecule has 228 valence electrons. The minimum absolute atomic E-state index is 0.0642. The third-order valence-corrected chi connectivity index (χ3v) is 8.85. The average molecular weight is 589 g/mol. The highest BCUT2D eigenvalue weighted by Gasteiger charge is 2.34. The Labute approximate surface area is 261 Å². The molecule has 0 aliphatic carbocycles. The van der Waals surface area contributed by atoms with Gasteiger partial charge in [-0.2, -0.15) is 0 Å². The lowest BCUT2D eigenvalue weighted by Crippen LogP contribution is -2.46. The van der Waals surface area contributed by atoms with E-state index in [0.717, 1.165) is 38.2 Å². The van der Waals surface area contributed by atoms with Gasteiger partial charge < -0.3 is 20.9 Å². The molecule has 0 bridgehead atoms. The van der Waals surface area contributed by atoms with Crippen LogP contribution in [0.1, 0.15) is 48.3 Å². The monoisotopic (exact) mass is 588 g/mol. The zero-order valence-electron chi connectivity index (χ0n) is 25.5. The molecule has 1 heterocycles. The maximum absolute atomic E-state index is 13.0. The Kier molecular flexibility index (Phi) is 11.2. The summed E-state index contributed by atoms with van der Waals surface area (Å²) in [5.74, 6) is 0.222. The topological polar surface area (TPSA) is 73.5 Å². The van der Waals surface area contributed by atoms with Crippen molar-refractivity contribution in [3.63, 3.8) is 0 Å². The molecular formula is C38H44N4O2. The van der Waals surface area contributed by atoms with E-state index in [0.29, 0.717) is 12.5 Å². The van der Waals surface area contributed by atoms with E-state index in [1.807, 2.05) is 42.5 Å². The third-order valence-electron chi connectivity index (χ3n) is 8.85. The van der Waals surface area contributed by atoms with Gasteiger partial charge in [-0.15, -0.1) is 0 Å². The lowest BCUT2D eigenvalue weighted by Gasteiger charge is -2.37. The molecule has 0 spiro atoms. The Bertz CT molecular complexity index is 1380. The molecule has 4 aromatic carbocycles. The van der Waals surface area contributed by atoms with Gasteiger partial charge in [0.25, 0.3) is 0 Å². The summed E-state index contributed by atoms with van der Waals surface area (Å²) in [5, 5.41) is 9.00. The second-order valence-corrected chi connectivity index (χ2v) is 11.7. The summed E-state index contributed by atoms with van der Waals surface area (Å²) in [6, 6.07) is 41.5. The highest BCUT2D eigenvalue weighted by Crippen LogP contribution is 2.37. The fraction of sp³-hybridized carbons (Fsp3) is 0.316. The van der Waals surface area contributed by atoms with Gasteiger partial charge in [-0.3, -0.25) is 9.59 Å². The van der Waals surface area contributed by atoms with Crippen LogP contribution in [0.5, 0.6) is 0 Å². The zero-order valence-corrected chi connectivity index (χ0v) is 25.5. The number of nitrogens with one attached hydrogen (secondary N) is 3. The van der Waals surface area contributed by atoms with Crippen LogP contribution in [0.25, 0.3) is 0 Å². The molecule has 1 fully saturated rings. The van der Waals surface area contributed by atoms with Crippen molar-refractivity contribution < 1.29 is 9.59 Å². The molecule has 44 heavy (non-hydrogen) atoms. The van der Waals surface area contributed by atoms with Crippen LogP contribution in [0.3, 0.4) is 0 Å².